The van der Waals surface area contributed by atoms with Crippen molar-refractivity contribution in [3.05, 3.63) is 95.1 Å². The molecule has 18 nitrogen and oxygen atoms in total. The van der Waals surface area contributed by atoms with Crippen LogP contribution < -0.4 is 27.0 Å². The Morgan fingerprint density at radius 1 is 0.700 bits per heavy atom. The molecule has 0 fully saturated rings. The van der Waals surface area contributed by atoms with Gasteiger partial charge in [0.25, 0.3) is 30.4 Å². The lowest BCUT2D eigenvalue weighted by Gasteiger charge is -2.24. The second-order valence-corrected chi connectivity index (χ2v) is 14.6. The van der Waals surface area contributed by atoms with Gasteiger partial charge in [-0.3, -0.25) is 28.7 Å². The second-order valence-electron chi connectivity index (χ2n) is 10.4. The lowest BCUT2D eigenvalue weighted by atomic mass is 9.82. The first-order valence-corrected chi connectivity index (χ1v) is 18.1. The Morgan fingerprint density at radius 2 is 1.32 bits per heavy atom. The normalized spacial score (nSPS) is 13.2. The third-order valence-electron chi connectivity index (χ3n) is 7.12. The van der Waals surface area contributed by atoms with Crippen molar-refractivity contribution in [2.75, 3.05) is 28.7 Å². The minimum atomic E-state index is -5.05. The van der Waals surface area contributed by atoms with E-state index in [1.807, 2.05) is 0 Å². The fourth-order valence-electron chi connectivity index (χ4n) is 4.96. The van der Waals surface area contributed by atoms with Crippen LogP contribution >= 0.6 is 0 Å². The van der Waals surface area contributed by atoms with Crippen LogP contribution in [0.4, 0.5) is 28.4 Å². The lowest BCUT2D eigenvalue weighted by molar-refractivity contribution is 0.0980. The fraction of sp³-hybridized carbons (Fsp3) is 0.0345. The summed E-state index contributed by atoms with van der Waals surface area (Å²) >= 11 is 0. The maximum Gasteiger partial charge on any atom is 0.296 e. The van der Waals surface area contributed by atoms with Crippen molar-refractivity contribution >= 4 is 82.3 Å². The molecule has 21 heteroatoms. The summed E-state index contributed by atoms with van der Waals surface area (Å²) < 4.78 is 101. The zero-order chi connectivity index (χ0) is 36.8. The number of nitrogens with one attached hydrogen (secondary N) is 5. The van der Waals surface area contributed by atoms with E-state index in [1.165, 1.54) is 49.5 Å². The standard InChI is InChI=1S/C29H25N7O11S3/c1-32-29(36-28(31)34-14-5-4-6-16(11-14)48(39,40)41)35-19-10-9-15(12-21(19)49(42,43)44)33-20-13-22(50(45,46)47)25(30)24-23(20)26(37)17-7-2-3-8-18(17)27(24)38/h2-13,33H,30H2,1H3,(H,39,40,41)(H,42,43,44)(H,45,46,47)(H4,31,32,34,35,36). The summed E-state index contributed by atoms with van der Waals surface area (Å²) in [5, 5.41) is 18.5. The molecule has 0 aromatic heterocycles. The van der Waals surface area contributed by atoms with Crippen LogP contribution in [0.3, 0.4) is 0 Å². The average Bonchev–Trinajstić information content (AvgIpc) is 3.03. The largest absolute Gasteiger partial charge is 0.397 e. The van der Waals surface area contributed by atoms with E-state index in [2.05, 4.69) is 26.3 Å². The highest BCUT2D eigenvalue weighted by Gasteiger charge is 2.36. The number of carbonyl (C=O) groups is 2. The van der Waals surface area contributed by atoms with Crippen molar-refractivity contribution in [2.45, 2.75) is 14.7 Å². The maximum atomic E-state index is 13.6. The molecule has 50 heavy (non-hydrogen) atoms. The molecule has 0 amide bonds. The third-order valence-corrected chi connectivity index (χ3v) is 9.76. The Labute approximate surface area is 284 Å². The van der Waals surface area contributed by atoms with Gasteiger partial charge >= 0.3 is 0 Å². The molecule has 1 aliphatic carbocycles. The Kier molecular flexibility index (Phi) is 9.23. The molecule has 5 rings (SSSR count). The van der Waals surface area contributed by atoms with Gasteiger partial charge in [0.1, 0.15) is 9.79 Å². The fourth-order valence-corrected chi connectivity index (χ4v) is 6.81. The lowest BCUT2D eigenvalue weighted by Crippen LogP contribution is -2.30. The number of fused-ring (bicyclic) bond motifs is 2. The number of benzene rings is 4. The van der Waals surface area contributed by atoms with Crippen LogP contribution in [0.5, 0.6) is 0 Å². The summed E-state index contributed by atoms with van der Waals surface area (Å²) in [6.45, 7) is 0. The van der Waals surface area contributed by atoms with E-state index in [0.717, 1.165) is 30.3 Å². The molecule has 0 heterocycles. The first-order valence-electron chi connectivity index (χ1n) is 13.8. The highest BCUT2D eigenvalue weighted by atomic mass is 32.2. The summed E-state index contributed by atoms with van der Waals surface area (Å²) in [6, 6.07) is 14.6. The minimum absolute atomic E-state index is 0.0182. The van der Waals surface area contributed by atoms with E-state index < -0.39 is 73.8 Å². The minimum Gasteiger partial charge on any atom is -0.397 e. The van der Waals surface area contributed by atoms with Crippen LogP contribution in [0.25, 0.3) is 0 Å². The van der Waals surface area contributed by atoms with E-state index in [0.29, 0.717) is 0 Å². The van der Waals surface area contributed by atoms with Gasteiger partial charge in [-0.1, -0.05) is 30.3 Å². The van der Waals surface area contributed by atoms with Gasteiger partial charge < -0.3 is 27.0 Å². The molecule has 0 radical (unpaired) electrons. The molecule has 0 aliphatic heterocycles. The van der Waals surface area contributed by atoms with Crippen LogP contribution in [-0.2, 0) is 30.4 Å². The molecule has 0 bridgehead atoms. The first-order chi connectivity index (χ1) is 23.3. The number of hydrogen-bond donors (Lipinski definition) is 9. The van der Waals surface area contributed by atoms with Gasteiger partial charge in [-0.25, -0.2) is 0 Å². The molecule has 0 saturated carbocycles. The monoisotopic (exact) mass is 743 g/mol. The number of carbonyl (C=O) groups excluding carboxylic acids is 2. The second kappa shape index (κ2) is 13.0. The quantitative estimate of drug-likeness (QED) is 0.0501. The maximum absolute atomic E-state index is 13.6. The van der Waals surface area contributed by atoms with Gasteiger partial charge in [-0.15, -0.1) is 0 Å². The van der Waals surface area contributed by atoms with Crippen LogP contribution in [0.1, 0.15) is 31.8 Å². The molecule has 0 spiro atoms. The highest BCUT2D eigenvalue weighted by Crippen LogP contribution is 2.40. The van der Waals surface area contributed by atoms with Crippen molar-refractivity contribution < 1.29 is 48.5 Å². The summed E-state index contributed by atoms with van der Waals surface area (Å²) in [6.07, 6.45) is 0. The van der Waals surface area contributed by atoms with Gasteiger partial charge in [0, 0.05) is 29.5 Å². The molecular weight excluding hydrogens is 719 g/mol. The number of hydrogen-bond acceptors (Lipinski definition) is 11. The molecule has 1 aliphatic rings. The van der Waals surface area contributed by atoms with E-state index in [-0.39, 0.29) is 45.4 Å². The zero-order valence-electron chi connectivity index (χ0n) is 25.3. The summed E-state index contributed by atoms with van der Waals surface area (Å²) in [5.74, 6) is -2.35. The number of guanidine groups is 2. The molecular formula is C29H25N7O11S3. The molecule has 260 valence electrons. The van der Waals surface area contributed by atoms with Gasteiger partial charge in [0.05, 0.1) is 33.1 Å². The topological polar surface area (TPSA) is 308 Å². The number of ketones is 2. The average molecular weight is 744 g/mol. The molecule has 0 atom stereocenters. The number of aliphatic imine (C=N–C) groups is 1. The molecule has 4 aromatic rings. The van der Waals surface area contributed by atoms with Gasteiger partial charge in [0.2, 0.25) is 11.9 Å². The van der Waals surface area contributed by atoms with Gasteiger partial charge in [-0.05, 0) is 42.5 Å². The SMILES string of the molecule is CNC(=NC(=N)Nc1cccc(S(=O)(=O)O)c1)Nc1ccc(Nc2cc(S(=O)(=O)O)c(N)c3c2C(=O)c2ccccc2C3=O)cc1S(=O)(=O)O. The summed E-state index contributed by atoms with van der Waals surface area (Å²) in [5.41, 5.74) is 3.66. The van der Waals surface area contributed by atoms with Crippen molar-refractivity contribution in [3.63, 3.8) is 0 Å². The Morgan fingerprint density at radius 3 is 1.90 bits per heavy atom. The Hall–Kier alpha value is -5.71. The predicted molar refractivity (Wildman–Crippen MR) is 181 cm³/mol. The van der Waals surface area contributed by atoms with E-state index in [1.54, 1.807) is 0 Å². The summed E-state index contributed by atoms with van der Waals surface area (Å²) in [4.78, 5) is 28.8. The molecule has 4 aromatic carbocycles. The van der Waals surface area contributed by atoms with Crippen molar-refractivity contribution in [1.82, 2.24) is 5.32 Å². The van der Waals surface area contributed by atoms with E-state index in [9.17, 15) is 48.5 Å². The highest BCUT2D eigenvalue weighted by molar-refractivity contribution is 7.86. The Balaban J connectivity index is 1.52. The molecule has 0 saturated heterocycles. The number of anilines is 5. The van der Waals surface area contributed by atoms with Crippen LogP contribution in [0.2, 0.25) is 0 Å². The van der Waals surface area contributed by atoms with E-state index >= 15 is 0 Å². The smallest absolute Gasteiger partial charge is 0.296 e. The Bertz CT molecular complexity index is 2500. The van der Waals surface area contributed by atoms with Gasteiger partial charge in [0.15, 0.2) is 11.6 Å². The number of nitrogen functional groups attached to an aromatic ring is 1. The zero-order valence-corrected chi connectivity index (χ0v) is 27.7. The number of rotatable bonds is 7. The van der Waals surface area contributed by atoms with Crippen LogP contribution in [-0.4, -0.2) is 69.4 Å². The summed E-state index contributed by atoms with van der Waals surface area (Å²) in [7, 11) is -13.3. The first kappa shape index (κ1) is 35.6. The third kappa shape index (κ3) is 7.17. The van der Waals surface area contributed by atoms with Gasteiger partial charge in [-0.2, -0.15) is 30.2 Å². The number of nitrogens with zero attached hydrogens (tertiary/aromatic N) is 1. The van der Waals surface area contributed by atoms with Crippen molar-refractivity contribution in [3.8, 4) is 0 Å². The van der Waals surface area contributed by atoms with Crippen LogP contribution in [0.15, 0.2) is 92.5 Å². The molecule has 0 unspecified atom stereocenters. The van der Waals surface area contributed by atoms with Crippen molar-refractivity contribution in [1.29, 1.82) is 5.41 Å². The van der Waals surface area contributed by atoms with Crippen molar-refractivity contribution in [2.24, 2.45) is 4.99 Å². The number of nitrogens with two attached hydrogens (primary N) is 1. The predicted octanol–water partition coefficient (Wildman–Crippen LogP) is 2.56. The van der Waals surface area contributed by atoms with E-state index in [4.69, 9.17) is 11.1 Å². The van der Waals surface area contributed by atoms with Crippen LogP contribution in [0, 0.1) is 5.41 Å². The molecule has 10 N–H and O–H groups in total.